The summed E-state index contributed by atoms with van der Waals surface area (Å²) in [5, 5.41) is 8.02. The molecule has 0 saturated carbocycles. The van der Waals surface area contributed by atoms with E-state index < -0.39 is 12.1 Å². The molecule has 0 aliphatic rings. The lowest BCUT2D eigenvalue weighted by atomic mass is 10.1. The Morgan fingerprint density at radius 2 is 1.76 bits per heavy atom. The van der Waals surface area contributed by atoms with Crippen LogP contribution in [-0.2, 0) is 4.74 Å². The van der Waals surface area contributed by atoms with E-state index >= 15 is 0 Å². The molecule has 0 radical (unpaired) electrons. The molecule has 0 aliphatic heterocycles. The average Bonchev–Trinajstić information content (AvgIpc) is 3.12. The molecule has 0 fully saturated rings. The van der Waals surface area contributed by atoms with Crippen LogP contribution in [0.15, 0.2) is 57.8 Å². The first-order chi connectivity index (χ1) is 12.1. The van der Waals surface area contributed by atoms with Gasteiger partial charge < -0.3 is 9.15 Å². The van der Waals surface area contributed by atoms with Crippen molar-refractivity contribution in [2.45, 2.75) is 24.8 Å². The zero-order valence-electron chi connectivity index (χ0n) is 14.2. The summed E-state index contributed by atoms with van der Waals surface area (Å²) in [6, 6.07) is 15.0. The second-order valence-corrected chi connectivity index (χ2v) is 6.47. The maximum atomic E-state index is 12.2. The summed E-state index contributed by atoms with van der Waals surface area (Å²) in [6.45, 7) is 3.72. The fourth-order valence-corrected chi connectivity index (χ4v) is 2.63. The van der Waals surface area contributed by atoms with Gasteiger partial charge in [0.05, 0.1) is 5.56 Å². The van der Waals surface area contributed by atoms with Crippen LogP contribution in [0.5, 0.6) is 0 Å². The number of thioether (sulfide) groups is 1. The van der Waals surface area contributed by atoms with Crippen LogP contribution in [0.25, 0.3) is 11.5 Å². The van der Waals surface area contributed by atoms with Crippen molar-refractivity contribution >= 4 is 17.7 Å². The minimum absolute atomic E-state index is 0.268. The molecule has 0 spiro atoms. The first kappa shape index (κ1) is 17.2. The van der Waals surface area contributed by atoms with Crippen LogP contribution in [-0.4, -0.2) is 22.4 Å². The molecule has 0 aliphatic carbocycles. The average molecular weight is 354 g/mol. The SMILES string of the molecule is CSc1ccc(C(=O)O[C@H](C)c2nnc(-c3ccc(C)cc3)o2)cc1. The maximum Gasteiger partial charge on any atom is 0.338 e. The molecule has 3 aromatic rings. The largest absolute Gasteiger partial charge is 0.449 e. The molecular formula is C19H18N2O3S. The molecule has 0 unspecified atom stereocenters. The summed E-state index contributed by atoms with van der Waals surface area (Å²) in [7, 11) is 0. The van der Waals surface area contributed by atoms with Crippen LogP contribution in [0.1, 0.15) is 34.8 Å². The zero-order valence-corrected chi connectivity index (χ0v) is 15.0. The van der Waals surface area contributed by atoms with Gasteiger partial charge in [0.2, 0.25) is 5.89 Å². The summed E-state index contributed by atoms with van der Waals surface area (Å²) in [4.78, 5) is 13.3. The molecule has 0 N–H and O–H groups in total. The molecule has 2 aromatic carbocycles. The molecule has 25 heavy (non-hydrogen) atoms. The third kappa shape index (κ3) is 4.09. The number of nitrogens with zero attached hydrogens (tertiary/aromatic N) is 2. The Balaban J connectivity index is 1.69. The van der Waals surface area contributed by atoms with Crippen LogP contribution in [0.4, 0.5) is 0 Å². The van der Waals surface area contributed by atoms with Gasteiger partial charge in [-0.3, -0.25) is 0 Å². The van der Waals surface area contributed by atoms with Crippen LogP contribution < -0.4 is 0 Å². The summed E-state index contributed by atoms with van der Waals surface area (Å²) in [5.74, 6) is 0.252. The second-order valence-electron chi connectivity index (χ2n) is 5.59. The smallest absolute Gasteiger partial charge is 0.338 e. The van der Waals surface area contributed by atoms with Gasteiger partial charge in [-0.15, -0.1) is 22.0 Å². The quantitative estimate of drug-likeness (QED) is 0.489. The summed E-state index contributed by atoms with van der Waals surface area (Å²) >= 11 is 1.62. The summed E-state index contributed by atoms with van der Waals surface area (Å²) in [6.07, 6.45) is 1.36. The van der Waals surface area contributed by atoms with Crippen molar-refractivity contribution in [1.82, 2.24) is 10.2 Å². The summed E-state index contributed by atoms with van der Waals surface area (Å²) < 4.78 is 11.1. The first-order valence-corrected chi connectivity index (χ1v) is 9.05. The van der Waals surface area contributed by atoms with Gasteiger partial charge in [0.15, 0.2) is 6.10 Å². The van der Waals surface area contributed by atoms with Crippen LogP contribution in [0.2, 0.25) is 0 Å². The molecule has 1 heterocycles. The van der Waals surface area contributed by atoms with Crippen molar-refractivity contribution in [2.24, 2.45) is 0 Å². The highest BCUT2D eigenvalue weighted by Crippen LogP contribution is 2.24. The number of carbonyl (C=O) groups is 1. The van der Waals surface area contributed by atoms with E-state index in [0.717, 1.165) is 16.0 Å². The number of hydrogen-bond acceptors (Lipinski definition) is 6. The van der Waals surface area contributed by atoms with E-state index in [1.807, 2.05) is 49.6 Å². The van der Waals surface area contributed by atoms with E-state index in [1.165, 1.54) is 0 Å². The molecule has 0 saturated heterocycles. The van der Waals surface area contributed by atoms with Gasteiger partial charge in [-0.2, -0.15) is 0 Å². The standard InChI is InChI=1S/C19H18N2O3S/c1-12-4-6-14(7-5-12)18-21-20-17(24-18)13(2)23-19(22)15-8-10-16(25-3)11-9-15/h4-11,13H,1-3H3/t13-/m1/s1. The van der Waals surface area contributed by atoms with E-state index in [2.05, 4.69) is 10.2 Å². The molecule has 0 amide bonds. The van der Waals surface area contributed by atoms with Crippen LogP contribution in [0.3, 0.4) is 0 Å². The Bertz CT molecular complexity index is 857. The van der Waals surface area contributed by atoms with E-state index in [-0.39, 0.29) is 5.89 Å². The molecular weight excluding hydrogens is 336 g/mol. The highest BCUT2D eigenvalue weighted by Gasteiger charge is 2.20. The number of esters is 1. The zero-order chi connectivity index (χ0) is 17.8. The van der Waals surface area contributed by atoms with Gasteiger partial charge in [0.1, 0.15) is 0 Å². The Morgan fingerprint density at radius 1 is 1.08 bits per heavy atom. The van der Waals surface area contributed by atoms with Crippen molar-refractivity contribution in [3.8, 4) is 11.5 Å². The van der Waals surface area contributed by atoms with E-state index in [0.29, 0.717) is 11.5 Å². The fraction of sp³-hybridized carbons (Fsp3) is 0.211. The topological polar surface area (TPSA) is 65.2 Å². The molecule has 6 heteroatoms. The number of aromatic nitrogens is 2. The van der Waals surface area contributed by atoms with Gasteiger partial charge in [0, 0.05) is 10.5 Å². The fourth-order valence-electron chi connectivity index (χ4n) is 2.22. The molecule has 128 valence electrons. The maximum absolute atomic E-state index is 12.2. The minimum Gasteiger partial charge on any atom is -0.449 e. The summed E-state index contributed by atoms with van der Waals surface area (Å²) in [5.41, 5.74) is 2.47. The molecule has 1 atom stereocenters. The van der Waals surface area contributed by atoms with Crippen molar-refractivity contribution < 1.29 is 13.9 Å². The normalized spacial score (nSPS) is 12.0. The number of ether oxygens (including phenoxy) is 1. The third-order valence-corrected chi connectivity index (χ3v) is 4.44. The number of hydrogen-bond donors (Lipinski definition) is 0. The Hall–Kier alpha value is -2.60. The molecule has 1 aromatic heterocycles. The lowest BCUT2D eigenvalue weighted by Crippen LogP contribution is -2.09. The van der Waals surface area contributed by atoms with Crippen molar-refractivity contribution in [1.29, 1.82) is 0 Å². The van der Waals surface area contributed by atoms with E-state index in [1.54, 1.807) is 30.8 Å². The van der Waals surface area contributed by atoms with E-state index in [4.69, 9.17) is 9.15 Å². The Labute approximate surface area is 150 Å². The lowest BCUT2D eigenvalue weighted by molar-refractivity contribution is 0.0280. The van der Waals surface area contributed by atoms with Gasteiger partial charge >= 0.3 is 5.97 Å². The second kappa shape index (κ2) is 7.53. The highest BCUT2D eigenvalue weighted by atomic mass is 32.2. The first-order valence-electron chi connectivity index (χ1n) is 7.82. The lowest BCUT2D eigenvalue weighted by Gasteiger charge is -2.09. The molecule has 0 bridgehead atoms. The number of aryl methyl sites for hydroxylation is 1. The Kier molecular flexibility index (Phi) is 5.19. The number of benzene rings is 2. The van der Waals surface area contributed by atoms with Crippen LogP contribution in [0, 0.1) is 6.92 Å². The van der Waals surface area contributed by atoms with Crippen molar-refractivity contribution in [2.75, 3.05) is 6.26 Å². The van der Waals surface area contributed by atoms with Crippen molar-refractivity contribution in [3.63, 3.8) is 0 Å². The van der Waals surface area contributed by atoms with Gasteiger partial charge in [-0.1, -0.05) is 17.7 Å². The highest BCUT2D eigenvalue weighted by molar-refractivity contribution is 7.98. The minimum atomic E-state index is -0.626. The predicted octanol–water partition coefficient (Wildman–Crippen LogP) is 4.68. The third-order valence-electron chi connectivity index (χ3n) is 3.70. The van der Waals surface area contributed by atoms with Gasteiger partial charge in [0.25, 0.3) is 5.89 Å². The molecule has 5 nitrogen and oxygen atoms in total. The monoisotopic (exact) mass is 354 g/mol. The molecule has 3 rings (SSSR count). The van der Waals surface area contributed by atoms with Crippen molar-refractivity contribution in [3.05, 3.63) is 65.5 Å². The van der Waals surface area contributed by atoms with Crippen LogP contribution >= 0.6 is 11.8 Å². The van der Waals surface area contributed by atoms with Gasteiger partial charge in [-0.05, 0) is 56.5 Å². The number of rotatable bonds is 5. The Morgan fingerprint density at radius 3 is 2.40 bits per heavy atom. The number of carbonyl (C=O) groups excluding carboxylic acids is 1. The van der Waals surface area contributed by atoms with Gasteiger partial charge in [-0.25, -0.2) is 4.79 Å². The predicted molar refractivity (Wildman–Crippen MR) is 96.5 cm³/mol. The van der Waals surface area contributed by atoms with E-state index in [9.17, 15) is 4.79 Å².